The lowest BCUT2D eigenvalue weighted by atomic mass is 9.86. The Morgan fingerprint density at radius 3 is 2.21 bits per heavy atom. The fraction of sp³-hybridized carbons (Fsp3) is 0.586. The van der Waals surface area contributed by atoms with E-state index in [4.69, 9.17) is 0 Å². The Balaban J connectivity index is 1.15. The number of aromatic nitrogens is 2. The van der Waals surface area contributed by atoms with Gasteiger partial charge in [0.15, 0.2) is 0 Å². The zero-order valence-electron chi connectivity index (χ0n) is 22.2. The number of nitrogens with zero attached hydrogens (tertiary/aromatic N) is 4. The van der Waals surface area contributed by atoms with Gasteiger partial charge in [0.1, 0.15) is 0 Å². The van der Waals surface area contributed by atoms with Crippen molar-refractivity contribution >= 4 is 11.8 Å². The molecule has 2 aromatic rings. The third kappa shape index (κ3) is 6.20. The summed E-state index contributed by atoms with van der Waals surface area (Å²) >= 11 is 0. The highest BCUT2D eigenvalue weighted by Gasteiger charge is 2.42. The number of nitrogens with one attached hydrogen (secondary N) is 1. The van der Waals surface area contributed by atoms with Crippen molar-refractivity contribution < 1.29 is 18.4 Å². The topological polar surface area (TPSA) is 78.4 Å². The summed E-state index contributed by atoms with van der Waals surface area (Å²) in [5.41, 5.74) is 2.63. The lowest BCUT2D eigenvalue weighted by molar-refractivity contribution is -0.130. The molecule has 38 heavy (non-hydrogen) atoms. The smallest absolute Gasteiger partial charge is 0.291 e. The van der Waals surface area contributed by atoms with Gasteiger partial charge in [0.2, 0.25) is 17.7 Å². The number of fused-ring (bicyclic) bond motifs is 1. The monoisotopic (exact) mass is 525 g/mol. The van der Waals surface area contributed by atoms with Crippen LogP contribution in [0.5, 0.6) is 0 Å². The number of halogens is 2. The zero-order chi connectivity index (χ0) is 26.9. The van der Waals surface area contributed by atoms with E-state index in [-0.39, 0.29) is 55.3 Å². The fourth-order valence-corrected chi connectivity index (χ4v) is 6.31. The first-order valence-corrected chi connectivity index (χ1v) is 13.7. The first kappa shape index (κ1) is 26.7. The highest BCUT2D eigenvalue weighted by Crippen LogP contribution is 2.37. The lowest BCUT2D eigenvalue weighted by Gasteiger charge is -2.30. The second-order valence-corrected chi connectivity index (χ2v) is 11.4. The van der Waals surface area contributed by atoms with Crippen LogP contribution in [-0.2, 0) is 4.79 Å². The number of hydrogen-bond donors (Lipinski definition) is 1. The maximum absolute atomic E-state index is 13.6. The number of aryl methyl sites for hydroxylation is 2. The fourth-order valence-electron chi connectivity index (χ4n) is 6.31. The molecule has 2 unspecified atom stereocenters. The number of carbonyl (C=O) groups is 2. The first-order chi connectivity index (χ1) is 18.2. The molecule has 2 amide bonds. The molecule has 2 aliphatic heterocycles. The average Bonchev–Trinajstić information content (AvgIpc) is 3.45. The number of benzene rings is 1. The van der Waals surface area contributed by atoms with Crippen molar-refractivity contribution in [3.05, 3.63) is 59.2 Å². The number of hydrogen-bond acceptors (Lipinski definition) is 5. The summed E-state index contributed by atoms with van der Waals surface area (Å²) in [6.45, 7) is 7.82. The number of carbonyl (C=O) groups excluding carboxylic acids is 2. The molecular weight excluding hydrogens is 488 g/mol. The van der Waals surface area contributed by atoms with Gasteiger partial charge in [-0.15, -0.1) is 0 Å². The molecule has 0 radical (unpaired) electrons. The van der Waals surface area contributed by atoms with E-state index in [0.717, 1.165) is 43.0 Å². The van der Waals surface area contributed by atoms with Gasteiger partial charge in [-0.1, -0.05) is 30.3 Å². The van der Waals surface area contributed by atoms with Crippen molar-refractivity contribution in [3.8, 4) is 0 Å². The molecule has 3 heterocycles. The predicted octanol–water partition coefficient (Wildman–Crippen LogP) is 4.17. The molecule has 3 fully saturated rings. The highest BCUT2D eigenvalue weighted by molar-refractivity contribution is 5.90. The Bertz CT molecular complexity index is 1120. The molecular formula is C29H37F2N5O2. The van der Waals surface area contributed by atoms with Crippen LogP contribution in [0.2, 0.25) is 0 Å². The van der Waals surface area contributed by atoms with Gasteiger partial charge in [0.05, 0.1) is 6.04 Å². The molecule has 9 heteroatoms. The maximum Gasteiger partial charge on any atom is 0.291 e. The standard InChI is InChI=1S/C29H37F2N5O2/c1-19-14-20(2)33-26(32-19)28(38)36-17-23-15-35(16-24(23)18-36)13-10-25(21-6-4-3-5-7-21)34-27(37)22-8-11-29(30,31)12-9-22/h3-7,14,22-25H,8-13,15-18H2,1-2H3,(H,34,37)/t23-,24?,25?/m0/s1. The molecule has 1 saturated carbocycles. The van der Waals surface area contributed by atoms with E-state index in [2.05, 4.69) is 20.2 Å². The first-order valence-electron chi connectivity index (χ1n) is 13.7. The van der Waals surface area contributed by atoms with Crippen LogP contribution in [0.15, 0.2) is 36.4 Å². The summed E-state index contributed by atoms with van der Waals surface area (Å²) in [5, 5.41) is 3.18. The van der Waals surface area contributed by atoms with Crippen molar-refractivity contribution in [2.24, 2.45) is 17.8 Å². The SMILES string of the molecule is Cc1cc(C)nc(C(=O)N2CC3CN(CCC(NC(=O)C4CCC(F)(F)CC4)c4ccccc4)C[C@H]3C2)n1. The van der Waals surface area contributed by atoms with Crippen LogP contribution in [0.25, 0.3) is 0 Å². The number of likely N-dealkylation sites (tertiary alicyclic amines) is 2. The predicted molar refractivity (Wildman–Crippen MR) is 140 cm³/mol. The van der Waals surface area contributed by atoms with Gasteiger partial charge in [0.25, 0.3) is 5.91 Å². The molecule has 0 spiro atoms. The maximum atomic E-state index is 13.6. The Labute approximate surface area is 223 Å². The quantitative estimate of drug-likeness (QED) is 0.587. The van der Waals surface area contributed by atoms with Crippen molar-refractivity contribution in [1.29, 1.82) is 0 Å². The summed E-state index contributed by atoms with van der Waals surface area (Å²) in [7, 11) is 0. The van der Waals surface area contributed by atoms with Crippen molar-refractivity contribution in [2.75, 3.05) is 32.7 Å². The molecule has 7 nitrogen and oxygen atoms in total. The van der Waals surface area contributed by atoms with E-state index < -0.39 is 5.92 Å². The molecule has 3 aliphatic rings. The zero-order valence-corrected chi connectivity index (χ0v) is 22.2. The van der Waals surface area contributed by atoms with E-state index in [9.17, 15) is 18.4 Å². The Hall–Kier alpha value is -2.94. The number of rotatable bonds is 7. The van der Waals surface area contributed by atoms with E-state index in [0.29, 0.717) is 24.9 Å². The van der Waals surface area contributed by atoms with E-state index in [1.807, 2.05) is 55.1 Å². The van der Waals surface area contributed by atoms with Crippen LogP contribution in [0, 0.1) is 31.6 Å². The van der Waals surface area contributed by atoms with E-state index in [1.54, 1.807) is 0 Å². The Kier molecular flexibility index (Phi) is 7.75. The molecule has 1 aromatic heterocycles. The van der Waals surface area contributed by atoms with Gasteiger partial charge >= 0.3 is 0 Å². The molecule has 0 bridgehead atoms. The minimum atomic E-state index is -2.64. The van der Waals surface area contributed by atoms with Crippen LogP contribution >= 0.6 is 0 Å². The Morgan fingerprint density at radius 2 is 1.61 bits per heavy atom. The van der Waals surface area contributed by atoms with Crippen LogP contribution in [0.1, 0.15) is 65.7 Å². The van der Waals surface area contributed by atoms with E-state index in [1.165, 1.54) is 0 Å². The second-order valence-electron chi connectivity index (χ2n) is 11.4. The molecule has 2 saturated heterocycles. The van der Waals surface area contributed by atoms with Gasteiger partial charge in [-0.05, 0) is 56.6 Å². The van der Waals surface area contributed by atoms with Crippen molar-refractivity contribution in [1.82, 2.24) is 25.1 Å². The summed E-state index contributed by atoms with van der Waals surface area (Å²) in [5.74, 6) is -2.09. The van der Waals surface area contributed by atoms with Crippen molar-refractivity contribution in [3.63, 3.8) is 0 Å². The average molecular weight is 526 g/mol. The van der Waals surface area contributed by atoms with Gasteiger partial charge in [-0.25, -0.2) is 18.7 Å². The normalized spacial score (nSPS) is 24.3. The minimum Gasteiger partial charge on any atom is -0.349 e. The third-order valence-electron chi connectivity index (χ3n) is 8.36. The number of alkyl halides is 2. The summed E-state index contributed by atoms with van der Waals surface area (Å²) in [4.78, 5) is 39.0. The van der Waals surface area contributed by atoms with Gasteiger partial charge in [-0.3, -0.25) is 9.59 Å². The minimum absolute atomic E-state index is 0.0925. The van der Waals surface area contributed by atoms with Gasteiger partial charge < -0.3 is 15.1 Å². The third-order valence-corrected chi connectivity index (χ3v) is 8.36. The largest absolute Gasteiger partial charge is 0.349 e. The van der Waals surface area contributed by atoms with E-state index >= 15 is 0 Å². The lowest BCUT2D eigenvalue weighted by Crippen LogP contribution is -2.39. The summed E-state index contributed by atoms with van der Waals surface area (Å²) in [6, 6.07) is 11.6. The summed E-state index contributed by atoms with van der Waals surface area (Å²) in [6.07, 6.45) is 0.785. The molecule has 5 rings (SSSR count). The molecule has 1 aromatic carbocycles. The van der Waals surface area contributed by atoms with Crippen LogP contribution in [-0.4, -0.2) is 70.2 Å². The van der Waals surface area contributed by atoms with Gasteiger partial charge in [0, 0.05) is 62.9 Å². The molecule has 1 aliphatic carbocycles. The molecule has 204 valence electrons. The number of amides is 2. The van der Waals surface area contributed by atoms with Crippen molar-refractivity contribution in [2.45, 2.75) is 57.9 Å². The molecule has 3 atom stereocenters. The molecule has 1 N–H and O–H groups in total. The highest BCUT2D eigenvalue weighted by atomic mass is 19.3. The van der Waals surface area contributed by atoms with Crippen LogP contribution in [0.3, 0.4) is 0 Å². The van der Waals surface area contributed by atoms with Crippen LogP contribution in [0.4, 0.5) is 8.78 Å². The Morgan fingerprint density at radius 1 is 1.00 bits per heavy atom. The second kappa shape index (κ2) is 11.0. The van der Waals surface area contributed by atoms with Crippen LogP contribution < -0.4 is 5.32 Å². The van der Waals surface area contributed by atoms with Gasteiger partial charge in [-0.2, -0.15) is 0 Å². The summed E-state index contributed by atoms with van der Waals surface area (Å²) < 4.78 is 27.2.